The van der Waals surface area contributed by atoms with Crippen LogP contribution >= 0.6 is 0 Å². The van der Waals surface area contributed by atoms with Crippen molar-refractivity contribution in [2.45, 2.75) is 52.2 Å². The van der Waals surface area contributed by atoms with E-state index < -0.39 is 0 Å². The highest BCUT2D eigenvalue weighted by Gasteiger charge is 2.31. The summed E-state index contributed by atoms with van der Waals surface area (Å²) in [5, 5.41) is 0. The van der Waals surface area contributed by atoms with Crippen LogP contribution in [0.3, 0.4) is 0 Å². The van der Waals surface area contributed by atoms with Gasteiger partial charge in [-0.25, -0.2) is 0 Å². The van der Waals surface area contributed by atoms with Crippen LogP contribution in [0.15, 0.2) is 42.5 Å². The topological polar surface area (TPSA) is 38.5 Å². The Morgan fingerprint density at radius 1 is 1.08 bits per heavy atom. The lowest BCUT2D eigenvalue weighted by molar-refractivity contribution is 0.104. The SMILES string of the molecule is CC1(C)CN(Cc2ccc(C(C)(C)C)cc2)c2ccc(N)cc2O1. The summed E-state index contributed by atoms with van der Waals surface area (Å²) in [4.78, 5) is 2.38. The van der Waals surface area contributed by atoms with Crippen molar-refractivity contribution < 1.29 is 4.74 Å². The van der Waals surface area contributed by atoms with Crippen LogP contribution in [0.2, 0.25) is 0 Å². The van der Waals surface area contributed by atoms with E-state index in [-0.39, 0.29) is 11.0 Å². The van der Waals surface area contributed by atoms with Gasteiger partial charge in [0, 0.05) is 18.3 Å². The molecule has 0 amide bonds. The molecule has 1 aliphatic rings. The van der Waals surface area contributed by atoms with Gasteiger partial charge in [0.15, 0.2) is 0 Å². The molecule has 128 valence electrons. The van der Waals surface area contributed by atoms with Crippen molar-refractivity contribution in [2.75, 3.05) is 17.2 Å². The Morgan fingerprint density at radius 2 is 1.75 bits per heavy atom. The number of nitrogen functional groups attached to an aromatic ring is 1. The van der Waals surface area contributed by atoms with Gasteiger partial charge in [-0.15, -0.1) is 0 Å². The fourth-order valence-corrected chi connectivity index (χ4v) is 3.22. The van der Waals surface area contributed by atoms with Crippen molar-refractivity contribution in [1.82, 2.24) is 0 Å². The quantitative estimate of drug-likeness (QED) is 0.811. The minimum absolute atomic E-state index is 0.184. The molecule has 1 heterocycles. The van der Waals surface area contributed by atoms with Gasteiger partial charge in [0.05, 0.1) is 12.2 Å². The number of ether oxygens (including phenoxy) is 1. The third-order valence-corrected chi connectivity index (χ3v) is 4.48. The van der Waals surface area contributed by atoms with E-state index in [2.05, 4.69) is 69.9 Å². The molecule has 0 aromatic heterocycles. The summed E-state index contributed by atoms with van der Waals surface area (Å²) in [7, 11) is 0. The standard InChI is InChI=1S/C21H28N2O/c1-20(2,3)16-8-6-15(7-9-16)13-23-14-21(4,5)24-19-12-17(22)10-11-18(19)23/h6-12H,13-14,22H2,1-5H3. The number of rotatable bonds is 2. The lowest BCUT2D eigenvalue weighted by atomic mass is 9.86. The summed E-state index contributed by atoms with van der Waals surface area (Å²) >= 11 is 0. The van der Waals surface area contributed by atoms with Gasteiger partial charge in [0.2, 0.25) is 0 Å². The zero-order valence-electron chi connectivity index (χ0n) is 15.4. The van der Waals surface area contributed by atoms with Crippen LogP contribution in [0, 0.1) is 0 Å². The first-order chi connectivity index (χ1) is 11.1. The predicted octanol–water partition coefficient (Wildman–Crippen LogP) is 4.74. The first kappa shape index (κ1) is 16.7. The van der Waals surface area contributed by atoms with E-state index in [1.165, 1.54) is 11.1 Å². The van der Waals surface area contributed by atoms with Gasteiger partial charge in [-0.2, -0.15) is 0 Å². The lowest BCUT2D eigenvalue weighted by Crippen LogP contribution is -2.46. The van der Waals surface area contributed by atoms with Crippen molar-refractivity contribution in [3.8, 4) is 5.75 Å². The molecule has 3 heteroatoms. The summed E-state index contributed by atoms with van der Waals surface area (Å²) in [6.45, 7) is 12.7. The number of hydrogen-bond acceptors (Lipinski definition) is 3. The van der Waals surface area contributed by atoms with Crippen molar-refractivity contribution in [1.29, 1.82) is 0 Å². The van der Waals surface area contributed by atoms with Gasteiger partial charge in [-0.1, -0.05) is 45.0 Å². The summed E-state index contributed by atoms with van der Waals surface area (Å²) in [5.74, 6) is 0.873. The molecular formula is C21H28N2O. The van der Waals surface area contributed by atoms with Gasteiger partial charge in [-0.05, 0) is 42.5 Å². The van der Waals surface area contributed by atoms with Crippen LogP contribution in [0.1, 0.15) is 45.7 Å². The Hall–Kier alpha value is -2.16. The monoisotopic (exact) mass is 324 g/mol. The minimum Gasteiger partial charge on any atom is -0.484 e. The lowest BCUT2D eigenvalue weighted by Gasteiger charge is -2.41. The molecule has 2 N–H and O–H groups in total. The fourth-order valence-electron chi connectivity index (χ4n) is 3.22. The highest BCUT2D eigenvalue weighted by Crippen LogP contribution is 2.39. The normalized spacial score (nSPS) is 16.5. The van der Waals surface area contributed by atoms with Crippen molar-refractivity contribution >= 4 is 11.4 Å². The molecule has 2 aromatic carbocycles. The van der Waals surface area contributed by atoms with Gasteiger partial charge < -0.3 is 15.4 Å². The van der Waals surface area contributed by atoms with Gasteiger partial charge in [0.25, 0.3) is 0 Å². The molecule has 0 radical (unpaired) electrons. The Balaban J connectivity index is 1.87. The highest BCUT2D eigenvalue weighted by molar-refractivity contribution is 5.65. The third kappa shape index (κ3) is 3.50. The molecule has 0 aliphatic carbocycles. The number of fused-ring (bicyclic) bond motifs is 1. The Labute approximate surface area is 145 Å². The number of anilines is 2. The second-order valence-corrected chi connectivity index (χ2v) is 8.39. The van der Waals surface area contributed by atoms with E-state index in [9.17, 15) is 0 Å². The van der Waals surface area contributed by atoms with Crippen LogP contribution in [-0.2, 0) is 12.0 Å². The summed E-state index contributed by atoms with van der Waals surface area (Å²) in [6, 6.07) is 14.9. The van der Waals surface area contributed by atoms with E-state index >= 15 is 0 Å². The number of nitrogens with zero attached hydrogens (tertiary/aromatic N) is 1. The van der Waals surface area contributed by atoms with E-state index in [1.54, 1.807) is 0 Å². The molecule has 3 rings (SSSR count). The summed E-state index contributed by atoms with van der Waals surface area (Å²) in [6.07, 6.45) is 0. The average molecular weight is 324 g/mol. The first-order valence-electron chi connectivity index (χ1n) is 8.57. The first-order valence-corrected chi connectivity index (χ1v) is 8.57. The second kappa shape index (κ2) is 5.73. The zero-order chi connectivity index (χ0) is 17.5. The van der Waals surface area contributed by atoms with Crippen LogP contribution in [0.25, 0.3) is 0 Å². The molecular weight excluding hydrogens is 296 g/mol. The second-order valence-electron chi connectivity index (χ2n) is 8.39. The molecule has 24 heavy (non-hydrogen) atoms. The molecule has 0 saturated heterocycles. The van der Waals surface area contributed by atoms with Crippen LogP contribution in [0.4, 0.5) is 11.4 Å². The maximum Gasteiger partial charge on any atom is 0.145 e. The Morgan fingerprint density at radius 3 is 2.38 bits per heavy atom. The average Bonchev–Trinajstić information content (AvgIpc) is 2.45. The smallest absolute Gasteiger partial charge is 0.145 e. The highest BCUT2D eigenvalue weighted by atomic mass is 16.5. The molecule has 3 nitrogen and oxygen atoms in total. The molecule has 0 unspecified atom stereocenters. The van der Waals surface area contributed by atoms with E-state index in [0.29, 0.717) is 0 Å². The van der Waals surface area contributed by atoms with Gasteiger partial charge in [-0.3, -0.25) is 0 Å². The molecule has 0 atom stereocenters. The Bertz CT molecular complexity index is 726. The van der Waals surface area contributed by atoms with Crippen molar-refractivity contribution in [3.05, 3.63) is 53.6 Å². The third-order valence-electron chi connectivity index (χ3n) is 4.48. The molecule has 1 aliphatic heterocycles. The fraction of sp³-hybridized carbons (Fsp3) is 0.429. The molecule has 0 fully saturated rings. The summed E-state index contributed by atoms with van der Waals surface area (Å²) < 4.78 is 6.11. The molecule has 2 aromatic rings. The predicted molar refractivity (Wildman–Crippen MR) is 102 cm³/mol. The summed E-state index contributed by atoms with van der Waals surface area (Å²) in [5.41, 5.74) is 10.4. The van der Waals surface area contributed by atoms with E-state index in [1.807, 2.05) is 12.1 Å². The van der Waals surface area contributed by atoms with Crippen LogP contribution in [0.5, 0.6) is 5.75 Å². The minimum atomic E-state index is -0.230. The molecule has 0 bridgehead atoms. The van der Waals surface area contributed by atoms with E-state index in [0.717, 1.165) is 30.2 Å². The van der Waals surface area contributed by atoms with Crippen molar-refractivity contribution in [2.24, 2.45) is 0 Å². The van der Waals surface area contributed by atoms with Crippen LogP contribution in [-0.4, -0.2) is 12.1 Å². The van der Waals surface area contributed by atoms with Gasteiger partial charge >= 0.3 is 0 Å². The van der Waals surface area contributed by atoms with Gasteiger partial charge in [0.1, 0.15) is 11.4 Å². The van der Waals surface area contributed by atoms with Crippen LogP contribution < -0.4 is 15.4 Å². The maximum absolute atomic E-state index is 6.11. The Kier molecular flexibility index (Phi) is 3.98. The maximum atomic E-state index is 6.11. The van der Waals surface area contributed by atoms with Crippen molar-refractivity contribution in [3.63, 3.8) is 0 Å². The number of benzene rings is 2. The largest absolute Gasteiger partial charge is 0.484 e. The number of nitrogens with two attached hydrogens (primary N) is 1. The zero-order valence-corrected chi connectivity index (χ0v) is 15.4. The molecule has 0 saturated carbocycles. The number of hydrogen-bond donors (Lipinski definition) is 1. The molecule has 0 spiro atoms. The van der Waals surface area contributed by atoms with E-state index in [4.69, 9.17) is 10.5 Å².